The molecule has 2 aromatic heterocycles. The number of aromatic nitrogens is 4. The molecule has 1 amide bonds. The highest BCUT2D eigenvalue weighted by atomic mass is 16.6. The normalized spacial score (nSPS) is 25.3. The van der Waals surface area contributed by atoms with Crippen molar-refractivity contribution in [1.82, 2.24) is 29.7 Å². The second-order valence-electron chi connectivity index (χ2n) is 8.45. The molecule has 13 nitrogen and oxygen atoms in total. The van der Waals surface area contributed by atoms with Crippen LogP contribution in [0.5, 0.6) is 0 Å². The number of ether oxygens (including phenoxy) is 2. The summed E-state index contributed by atoms with van der Waals surface area (Å²) in [4.78, 5) is 38.8. The number of aliphatic hydroxyl groups is 2. The summed E-state index contributed by atoms with van der Waals surface area (Å²) in [5, 5.41) is 23.4. The molecule has 0 radical (unpaired) electrons. The minimum atomic E-state index is -1.43. The first-order valence-corrected chi connectivity index (χ1v) is 11.4. The number of esters is 1. The van der Waals surface area contributed by atoms with Gasteiger partial charge in [0.2, 0.25) is 5.82 Å². The smallest absolute Gasteiger partial charge is 0.308 e. The van der Waals surface area contributed by atoms with Crippen molar-refractivity contribution in [2.24, 2.45) is 5.92 Å². The SMILES string of the molecule is CCNC(=O)[C@H]1O[C@@H](n2cnc3c(N)nc(C#CCN4CCC(C(=O)OC)CC4)nc32)C(O)C1O. The number of aliphatic hydroxyl groups excluding tert-OH is 2. The molecule has 2 unspecified atom stereocenters. The van der Waals surface area contributed by atoms with E-state index in [4.69, 9.17) is 15.2 Å². The second kappa shape index (κ2) is 10.5. The highest BCUT2D eigenvalue weighted by Crippen LogP contribution is 2.32. The molecule has 35 heavy (non-hydrogen) atoms. The van der Waals surface area contributed by atoms with Gasteiger partial charge in [-0.25, -0.2) is 15.0 Å². The van der Waals surface area contributed by atoms with E-state index in [0.29, 0.717) is 13.1 Å². The number of nitrogens with one attached hydrogen (secondary N) is 1. The molecular formula is C22H29N7O6. The molecule has 0 aromatic carbocycles. The van der Waals surface area contributed by atoms with Gasteiger partial charge in [-0.05, 0) is 38.8 Å². The Hall–Kier alpha value is -3.31. The van der Waals surface area contributed by atoms with Gasteiger partial charge in [-0.3, -0.25) is 19.1 Å². The van der Waals surface area contributed by atoms with Gasteiger partial charge in [0.15, 0.2) is 23.8 Å². The quantitative estimate of drug-likeness (QED) is 0.282. The number of likely N-dealkylation sites (N-methyl/N-ethyl adjacent to an activating group) is 1. The number of nitrogens with two attached hydrogens (primary N) is 1. The van der Waals surface area contributed by atoms with Crippen molar-refractivity contribution < 1.29 is 29.3 Å². The molecule has 4 rings (SSSR count). The first-order chi connectivity index (χ1) is 16.8. The lowest BCUT2D eigenvalue weighted by molar-refractivity contribution is -0.147. The number of methoxy groups -OCH3 is 1. The minimum Gasteiger partial charge on any atom is -0.469 e. The van der Waals surface area contributed by atoms with Gasteiger partial charge in [-0.2, -0.15) is 0 Å². The van der Waals surface area contributed by atoms with Crippen LogP contribution < -0.4 is 11.1 Å². The van der Waals surface area contributed by atoms with Gasteiger partial charge in [0.1, 0.15) is 17.7 Å². The lowest BCUT2D eigenvalue weighted by atomic mass is 9.97. The molecule has 2 fully saturated rings. The molecule has 2 aliphatic heterocycles. The van der Waals surface area contributed by atoms with E-state index in [9.17, 15) is 19.8 Å². The summed E-state index contributed by atoms with van der Waals surface area (Å²) in [5.74, 6) is 5.42. The lowest BCUT2D eigenvalue weighted by Gasteiger charge is -2.28. The summed E-state index contributed by atoms with van der Waals surface area (Å²) in [6, 6.07) is 0. The zero-order valence-electron chi connectivity index (χ0n) is 19.5. The number of anilines is 1. The maximum absolute atomic E-state index is 12.2. The van der Waals surface area contributed by atoms with Crippen molar-refractivity contribution in [3.63, 3.8) is 0 Å². The Balaban J connectivity index is 1.49. The average molecular weight is 488 g/mol. The predicted octanol–water partition coefficient (Wildman–Crippen LogP) is -1.60. The summed E-state index contributed by atoms with van der Waals surface area (Å²) in [5.41, 5.74) is 6.59. The number of nitrogens with zero attached hydrogens (tertiary/aromatic N) is 5. The van der Waals surface area contributed by atoms with E-state index < -0.39 is 30.4 Å². The average Bonchev–Trinajstić information content (AvgIpc) is 3.40. The van der Waals surface area contributed by atoms with Crippen LogP contribution in [0.25, 0.3) is 11.2 Å². The zero-order chi connectivity index (χ0) is 25.1. The third-order valence-electron chi connectivity index (χ3n) is 6.20. The first-order valence-electron chi connectivity index (χ1n) is 11.4. The van der Waals surface area contributed by atoms with E-state index in [1.807, 2.05) is 0 Å². The fourth-order valence-corrected chi connectivity index (χ4v) is 4.29. The first kappa shape index (κ1) is 24.8. The van der Waals surface area contributed by atoms with Crippen LogP contribution in [0, 0.1) is 17.8 Å². The van der Waals surface area contributed by atoms with Gasteiger partial charge in [0.25, 0.3) is 5.91 Å². The number of amides is 1. The number of nitrogen functional groups attached to an aromatic ring is 1. The van der Waals surface area contributed by atoms with Crippen LogP contribution in [-0.2, 0) is 19.1 Å². The largest absolute Gasteiger partial charge is 0.469 e. The number of hydrogen-bond acceptors (Lipinski definition) is 11. The molecule has 188 valence electrons. The lowest BCUT2D eigenvalue weighted by Crippen LogP contribution is -2.42. The maximum atomic E-state index is 12.2. The topological polar surface area (TPSA) is 178 Å². The molecular weight excluding hydrogens is 458 g/mol. The van der Waals surface area contributed by atoms with Crippen molar-refractivity contribution in [2.45, 2.75) is 44.3 Å². The minimum absolute atomic E-state index is 0.0747. The summed E-state index contributed by atoms with van der Waals surface area (Å²) in [6.07, 6.45) is -2.36. The monoisotopic (exact) mass is 487 g/mol. The van der Waals surface area contributed by atoms with Crippen molar-refractivity contribution >= 4 is 28.9 Å². The van der Waals surface area contributed by atoms with Gasteiger partial charge in [-0.1, -0.05) is 5.92 Å². The molecule has 5 N–H and O–H groups in total. The van der Waals surface area contributed by atoms with Gasteiger partial charge in [0, 0.05) is 6.54 Å². The van der Waals surface area contributed by atoms with Crippen molar-refractivity contribution in [2.75, 3.05) is 39.0 Å². The molecule has 0 saturated carbocycles. The van der Waals surface area contributed by atoms with Crippen LogP contribution in [0.4, 0.5) is 5.82 Å². The summed E-state index contributed by atoms with van der Waals surface area (Å²) in [7, 11) is 1.40. The van der Waals surface area contributed by atoms with Gasteiger partial charge in [0.05, 0.1) is 25.9 Å². The van der Waals surface area contributed by atoms with Crippen LogP contribution >= 0.6 is 0 Å². The van der Waals surface area contributed by atoms with Crippen LogP contribution in [0.3, 0.4) is 0 Å². The van der Waals surface area contributed by atoms with E-state index in [-0.39, 0.29) is 34.7 Å². The van der Waals surface area contributed by atoms with Crippen LogP contribution in [0.15, 0.2) is 6.33 Å². The fraction of sp³-hybridized carbons (Fsp3) is 0.591. The summed E-state index contributed by atoms with van der Waals surface area (Å²) in [6.45, 7) is 4.03. The number of imidazole rings is 1. The van der Waals surface area contributed by atoms with Crippen molar-refractivity contribution in [3.8, 4) is 11.8 Å². The number of piperidine rings is 1. The third-order valence-corrected chi connectivity index (χ3v) is 6.20. The fourth-order valence-electron chi connectivity index (χ4n) is 4.29. The summed E-state index contributed by atoms with van der Waals surface area (Å²) < 4.78 is 11.9. The Morgan fingerprint density at radius 1 is 1.29 bits per heavy atom. The Morgan fingerprint density at radius 3 is 2.71 bits per heavy atom. The van der Waals surface area contributed by atoms with Gasteiger partial charge >= 0.3 is 5.97 Å². The highest BCUT2D eigenvalue weighted by molar-refractivity contribution is 5.83. The Morgan fingerprint density at radius 2 is 2.03 bits per heavy atom. The van der Waals surface area contributed by atoms with E-state index in [0.717, 1.165) is 25.9 Å². The Kier molecular flexibility index (Phi) is 7.46. The molecule has 2 aliphatic rings. The number of rotatable bonds is 5. The van der Waals surface area contributed by atoms with Crippen LogP contribution in [0.1, 0.15) is 31.8 Å². The Labute approximate surface area is 201 Å². The van der Waals surface area contributed by atoms with Gasteiger partial charge < -0.3 is 30.7 Å². The molecule has 0 aliphatic carbocycles. The zero-order valence-corrected chi connectivity index (χ0v) is 19.5. The number of carbonyl (C=O) groups is 2. The molecule has 2 saturated heterocycles. The number of likely N-dealkylation sites (tertiary alicyclic amines) is 1. The number of hydrogen-bond donors (Lipinski definition) is 4. The molecule has 2 aromatic rings. The maximum Gasteiger partial charge on any atom is 0.308 e. The standard InChI is InChI=1S/C22H29N7O6/c1-3-24-20(32)17-15(30)16(31)21(35-17)29-11-25-14-18(23)26-13(27-19(14)29)5-4-8-28-9-6-12(7-10-28)22(33)34-2/h11-12,15-17,21,30-31H,3,6-10H2,1-2H3,(H,24,32)(H2,23,26,27)/t15?,16?,17-,21+/m0/s1. The van der Waals surface area contributed by atoms with E-state index in [1.54, 1.807) is 6.92 Å². The highest BCUT2D eigenvalue weighted by Gasteiger charge is 2.47. The number of fused-ring (bicyclic) bond motifs is 1. The Bertz CT molecular complexity index is 1150. The molecule has 0 spiro atoms. The van der Waals surface area contributed by atoms with E-state index >= 15 is 0 Å². The molecule has 13 heteroatoms. The second-order valence-corrected chi connectivity index (χ2v) is 8.45. The molecule has 4 atom stereocenters. The van der Waals surface area contributed by atoms with Gasteiger partial charge in [-0.15, -0.1) is 0 Å². The molecule has 0 bridgehead atoms. The third kappa shape index (κ3) is 5.06. The summed E-state index contributed by atoms with van der Waals surface area (Å²) >= 11 is 0. The molecule has 4 heterocycles. The van der Waals surface area contributed by atoms with Crippen LogP contribution in [-0.4, -0.2) is 98.1 Å². The van der Waals surface area contributed by atoms with E-state index in [1.165, 1.54) is 18.0 Å². The van der Waals surface area contributed by atoms with Crippen molar-refractivity contribution in [1.29, 1.82) is 0 Å². The van der Waals surface area contributed by atoms with Crippen molar-refractivity contribution in [3.05, 3.63) is 12.2 Å². The number of carbonyl (C=O) groups excluding carboxylic acids is 2. The van der Waals surface area contributed by atoms with E-state index in [2.05, 4.69) is 37.0 Å². The predicted molar refractivity (Wildman–Crippen MR) is 122 cm³/mol. The van der Waals surface area contributed by atoms with Crippen LogP contribution in [0.2, 0.25) is 0 Å².